The first-order valence-corrected chi connectivity index (χ1v) is 12.2. The Morgan fingerprint density at radius 1 is 1.09 bits per heavy atom. The molecule has 2 nitrogen and oxygen atoms in total. The summed E-state index contributed by atoms with van der Waals surface area (Å²) in [6.07, 6.45) is 2.13. The highest BCUT2D eigenvalue weighted by Crippen LogP contribution is 2.32. The molecular weight excluding hydrogens is 508 g/mol. The van der Waals surface area contributed by atoms with E-state index in [4.69, 9.17) is 0 Å². The Balaban J connectivity index is 3.57. The van der Waals surface area contributed by atoms with E-state index >= 15 is 0 Å². The molecule has 1 aromatic rings. The molecule has 1 aromatic carbocycles. The van der Waals surface area contributed by atoms with Crippen LogP contribution in [0.15, 0.2) is 67.8 Å². The average Bonchev–Trinajstić information content (AvgIpc) is 2.77. The number of unbranched alkanes of at least 4 members (excludes halogenated alkanes) is 1. The second-order valence-electron chi connectivity index (χ2n) is 8.41. The number of halogens is 5. The number of nitrogens with zero attached hydrogens (tertiary/aromatic N) is 1. The molecule has 0 spiro atoms. The SMILES string of the molecule is CCC/C=C(C)/C(Br)=C\C(C(=NCc1cccc(C(F)(F)F)c1F)NC(C)=C(C)CC)=C(C)C. The fraction of sp³-hybridized carbons (Fsp3) is 0.444. The third-order valence-electron chi connectivity index (χ3n) is 5.45. The molecule has 0 saturated carbocycles. The molecule has 34 heavy (non-hydrogen) atoms. The molecule has 0 aliphatic rings. The minimum Gasteiger partial charge on any atom is -0.344 e. The molecule has 188 valence electrons. The second kappa shape index (κ2) is 13.7. The van der Waals surface area contributed by atoms with Gasteiger partial charge in [0.15, 0.2) is 0 Å². The molecule has 7 heteroatoms. The van der Waals surface area contributed by atoms with Gasteiger partial charge in [-0.25, -0.2) is 4.39 Å². The maximum Gasteiger partial charge on any atom is 0.419 e. The average molecular weight is 543 g/mol. The van der Waals surface area contributed by atoms with Crippen molar-refractivity contribution in [1.29, 1.82) is 0 Å². The lowest BCUT2D eigenvalue weighted by atomic mass is 10.1. The quantitative estimate of drug-likeness (QED) is 0.143. The third-order valence-corrected chi connectivity index (χ3v) is 6.30. The molecule has 0 saturated heterocycles. The molecule has 0 aromatic heterocycles. The van der Waals surface area contributed by atoms with Crippen molar-refractivity contribution in [2.75, 3.05) is 0 Å². The van der Waals surface area contributed by atoms with Gasteiger partial charge in [0, 0.05) is 21.3 Å². The predicted octanol–water partition coefficient (Wildman–Crippen LogP) is 9.40. The van der Waals surface area contributed by atoms with E-state index in [9.17, 15) is 17.6 Å². The number of aliphatic imine (C=N–C) groups is 1. The molecule has 1 N–H and O–H groups in total. The van der Waals surface area contributed by atoms with Gasteiger partial charge in [0.05, 0.1) is 12.1 Å². The number of benzene rings is 1. The zero-order valence-electron chi connectivity index (χ0n) is 21.1. The third kappa shape index (κ3) is 8.90. The summed E-state index contributed by atoms with van der Waals surface area (Å²) in [5.74, 6) is -0.814. The van der Waals surface area contributed by atoms with Gasteiger partial charge >= 0.3 is 6.18 Å². The van der Waals surface area contributed by atoms with Crippen molar-refractivity contribution >= 4 is 21.8 Å². The van der Waals surface area contributed by atoms with E-state index in [1.807, 2.05) is 47.6 Å². The summed E-state index contributed by atoms with van der Waals surface area (Å²) in [5, 5.41) is 3.31. The van der Waals surface area contributed by atoms with E-state index in [1.54, 1.807) is 0 Å². The first kappa shape index (κ1) is 29.9. The van der Waals surface area contributed by atoms with Crippen molar-refractivity contribution in [3.05, 3.63) is 79.8 Å². The van der Waals surface area contributed by atoms with Crippen LogP contribution in [0.3, 0.4) is 0 Å². The van der Waals surface area contributed by atoms with Crippen molar-refractivity contribution in [1.82, 2.24) is 5.32 Å². The topological polar surface area (TPSA) is 24.4 Å². The van der Waals surface area contributed by atoms with Crippen LogP contribution in [0.2, 0.25) is 0 Å². The van der Waals surface area contributed by atoms with Crippen LogP contribution in [0.1, 0.15) is 78.9 Å². The maximum atomic E-state index is 14.6. The Kier molecular flexibility index (Phi) is 12.0. The van der Waals surface area contributed by atoms with Crippen LogP contribution in [0.25, 0.3) is 0 Å². The minimum absolute atomic E-state index is 0.113. The summed E-state index contributed by atoms with van der Waals surface area (Å²) in [6.45, 7) is 13.7. The second-order valence-corrected chi connectivity index (χ2v) is 9.26. The fourth-order valence-corrected chi connectivity index (χ4v) is 3.37. The number of nitrogens with one attached hydrogen (secondary N) is 1. The minimum atomic E-state index is -4.76. The highest BCUT2D eigenvalue weighted by molar-refractivity contribution is 9.12. The van der Waals surface area contributed by atoms with E-state index < -0.39 is 17.6 Å². The first-order chi connectivity index (χ1) is 15.8. The zero-order valence-corrected chi connectivity index (χ0v) is 22.6. The molecule has 0 amide bonds. The largest absolute Gasteiger partial charge is 0.419 e. The van der Waals surface area contributed by atoms with E-state index in [-0.39, 0.29) is 12.1 Å². The van der Waals surface area contributed by atoms with E-state index in [2.05, 4.69) is 39.2 Å². The van der Waals surface area contributed by atoms with Gasteiger partial charge in [-0.1, -0.05) is 65.6 Å². The van der Waals surface area contributed by atoms with Crippen molar-refractivity contribution < 1.29 is 17.6 Å². The van der Waals surface area contributed by atoms with Crippen LogP contribution < -0.4 is 5.32 Å². The van der Waals surface area contributed by atoms with Crippen LogP contribution in [-0.2, 0) is 12.7 Å². The van der Waals surface area contributed by atoms with Gasteiger partial charge in [-0.15, -0.1) is 0 Å². The monoisotopic (exact) mass is 542 g/mol. The molecule has 0 unspecified atom stereocenters. The maximum absolute atomic E-state index is 14.6. The summed E-state index contributed by atoms with van der Waals surface area (Å²) >= 11 is 3.64. The number of alkyl halides is 3. The molecule has 0 fully saturated rings. The summed E-state index contributed by atoms with van der Waals surface area (Å²) < 4.78 is 54.9. The van der Waals surface area contributed by atoms with Crippen LogP contribution in [0.5, 0.6) is 0 Å². The van der Waals surface area contributed by atoms with Crippen LogP contribution in [0, 0.1) is 5.82 Å². The van der Waals surface area contributed by atoms with Crippen LogP contribution in [-0.4, -0.2) is 5.84 Å². The lowest BCUT2D eigenvalue weighted by Gasteiger charge is -2.17. The number of rotatable bonds is 9. The smallest absolute Gasteiger partial charge is 0.344 e. The van der Waals surface area contributed by atoms with E-state index in [0.717, 1.165) is 57.8 Å². The van der Waals surface area contributed by atoms with Gasteiger partial charge in [0.2, 0.25) is 0 Å². The van der Waals surface area contributed by atoms with Crippen LogP contribution in [0.4, 0.5) is 17.6 Å². The number of hydrogen-bond donors (Lipinski definition) is 1. The lowest BCUT2D eigenvalue weighted by Crippen LogP contribution is -2.25. The van der Waals surface area contributed by atoms with Crippen LogP contribution >= 0.6 is 15.9 Å². The summed E-state index contributed by atoms with van der Waals surface area (Å²) in [5.41, 5.74) is 3.43. The predicted molar refractivity (Wildman–Crippen MR) is 138 cm³/mol. The van der Waals surface area contributed by atoms with Crippen molar-refractivity contribution in [2.45, 2.75) is 80.4 Å². The lowest BCUT2D eigenvalue weighted by molar-refractivity contribution is -0.140. The Bertz CT molecular complexity index is 1010. The molecule has 0 heterocycles. The summed E-state index contributed by atoms with van der Waals surface area (Å²) in [4.78, 5) is 4.55. The van der Waals surface area contributed by atoms with Crippen molar-refractivity contribution in [3.63, 3.8) is 0 Å². The van der Waals surface area contributed by atoms with Crippen molar-refractivity contribution in [2.24, 2.45) is 4.99 Å². The van der Waals surface area contributed by atoms with Gasteiger partial charge in [0.25, 0.3) is 0 Å². The van der Waals surface area contributed by atoms with Crippen molar-refractivity contribution in [3.8, 4) is 0 Å². The van der Waals surface area contributed by atoms with Gasteiger partial charge in [-0.3, -0.25) is 4.99 Å². The summed E-state index contributed by atoms with van der Waals surface area (Å²) in [7, 11) is 0. The number of allylic oxidation sites excluding steroid dienone is 6. The Morgan fingerprint density at radius 2 is 1.74 bits per heavy atom. The highest BCUT2D eigenvalue weighted by Gasteiger charge is 2.34. The molecule has 1 rings (SSSR count). The Hall–Kier alpha value is -2.15. The van der Waals surface area contributed by atoms with Gasteiger partial charge in [0.1, 0.15) is 11.7 Å². The standard InChI is InChI=1S/C27H35BrF4N2/c1-8-10-12-19(6)24(28)15-22(17(3)4)26(34-20(7)18(5)9-2)33-16-21-13-11-14-23(25(21)29)27(30,31)32/h11-15H,8-10,16H2,1-7H3,(H,33,34)/b19-12+,20-18?,24-15+. The molecule has 0 aliphatic carbocycles. The Labute approximate surface area is 209 Å². The first-order valence-electron chi connectivity index (χ1n) is 11.4. The highest BCUT2D eigenvalue weighted by atomic mass is 79.9. The van der Waals surface area contributed by atoms with Gasteiger partial charge in [-0.05, 0) is 65.2 Å². The molecule has 0 radical (unpaired) electrons. The van der Waals surface area contributed by atoms with Gasteiger partial charge in [-0.2, -0.15) is 13.2 Å². The van der Waals surface area contributed by atoms with Gasteiger partial charge < -0.3 is 5.32 Å². The molecular formula is C27H35BrF4N2. The van der Waals surface area contributed by atoms with E-state index in [0.29, 0.717) is 5.84 Å². The molecule has 0 aliphatic heterocycles. The molecule has 0 bridgehead atoms. The fourth-order valence-electron chi connectivity index (χ4n) is 2.97. The summed E-state index contributed by atoms with van der Waals surface area (Å²) in [6, 6.07) is 3.28. The number of amidine groups is 1. The normalized spacial score (nSPS) is 14.2. The zero-order chi connectivity index (χ0) is 26.1. The number of hydrogen-bond acceptors (Lipinski definition) is 1. The Morgan fingerprint density at radius 3 is 2.26 bits per heavy atom. The molecule has 0 atom stereocenters. The van der Waals surface area contributed by atoms with E-state index in [1.165, 1.54) is 12.1 Å².